The highest BCUT2D eigenvalue weighted by Gasteiger charge is 2.46. The van der Waals surface area contributed by atoms with Gasteiger partial charge in [-0.15, -0.1) is 10.2 Å². The molecule has 1 atom stereocenters. The van der Waals surface area contributed by atoms with Crippen molar-refractivity contribution < 1.29 is 23.8 Å². The Kier molecular flexibility index (Phi) is 7.41. The van der Waals surface area contributed by atoms with Gasteiger partial charge in [-0.05, 0) is 35.4 Å². The van der Waals surface area contributed by atoms with Crippen molar-refractivity contribution in [3.63, 3.8) is 0 Å². The van der Waals surface area contributed by atoms with E-state index in [0.717, 1.165) is 10.9 Å². The second-order valence-electron chi connectivity index (χ2n) is 9.11. The van der Waals surface area contributed by atoms with E-state index < -0.39 is 23.5 Å². The standard InChI is InChI=1S/C31H23N3O5S2/c1-2-16-38-22-14-12-20(13-15-22)26-25(27(35)24-17-21-10-6-7-11-23(21)39-24)28(36)29(37)34(26)30-32-33-31(41-30)40-18-19-8-4-3-5-9-19/h2-15,17,26,36H,1,16,18H2. The van der Waals surface area contributed by atoms with Crippen molar-refractivity contribution >= 4 is 50.9 Å². The number of aliphatic hydroxyl groups excluding tert-OH is 1. The van der Waals surface area contributed by atoms with E-state index in [4.69, 9.17) is 9.15 Å². The van der Waals surface area contributed by atoms with Gasteiger partial charge in [0.1, 0.15) is 17.9 Å². The Morgan fingerprint density at radius 2 is 1.83 bits per heavy atom. The number of fused-ring (bicyclic) bond motifs is 1. The summed E-state index contributed by atoms with van der Waals surface area (Å²) in [5, 5.41) is 20.6. The fraction of sp³-hybridized carbons (Fsp3) is 0.0968. The van der Waals surface area contributed by atoms with E-state index in [0.29, 0.717) is 33.6 Å². The van der Waals surface area contributed by atoms with Gasteiger partial charge in [0.15, 0.2) is 15.9 Å². The van der Waals surface area contributed by atoms with Crippen LogP contribution in [0.2, 0.25) is 0 Å². The van der Waals surface area contributed by atoms with Gasteiger partial charge in [-0.25, -0.2) is 0 Å². The average Bonchev–Trinajstić information content (AvgIpc) is 3.72. The molecule has 10 heteroatoms. The number of rotatable bonds is 10. The molecule has 0 fully saturated rings. The number of benzene rings is 3. The first-order valence-corrected chi connectivity index (χ1v) is 14.5. The summed E-state index contributed by atoms with van der Waals surface area (Å²) in [5.41, 5.74) is 2.15. The average molecular weight is 582 g/mol. The minimum atomic E-state index is -0.961. The quantitative estimate of drug-likeness (QED) is 0.0820. The number of Topliss-reactive ketones (excluding diaryl/α,β-unsaturated/α-hetero) is 1. The van der Waals surface area contributed by atoms with Gasteiger partial charge in [0, 0.05) is 11.1 Å². The molecule has 0 spiro atoms. The van der Waals surface area contributed by atoms with Crippen LogP contribution < -0.4 is 9.64 Å². The first-order valence-electron chi connectivity index (χ1n) is 12.7. The van der Waals surface area contributed by atoms with Gasteiger partial charge in [-0.3, -0.25) is 14.5 Å². The van der Waals surface area contributed by atoms with Gasteiger partial charge < -0.3 is 14.3 Å². The van der Waals surface area contributed by atoms with Crippen LogP contribution in [0.5, 0.6) is 5.75 Å². The number of ketones is 1. The molecule has 41 heavy (non-hydrogen) atoms. The fourth-order valence-corrected chi connectivity index (χ4v) is 6.38. The fourth-order valence-electron chi connectivity index (χ4n) is 4.56. The van der Waals surface area contributed by atoms with Gasteiger partial charge in [-0.2, -0.15) is 0 Å². The van der Waals surface area contributed by atoms with E-state index >= 15 is 0 Å². The van der Waals surface area contributed by atoms with Crippen LogP contribution >= 0.6 is 23.1 Å². The van der Waals surface area contributed by atoms with E-state index in [1.165, 1.54) is 28.0 Å². The molecule has 0 saturated heterocycles. The van der Waals surface area contributed by atoms with E-state index in [9.17, 15) is 14.7 Å². The van der Waals surface area contributed by atoms with Gasteiger partial charge in [0.05, 0.1) is 11.6 Å². The third kappa shape index (κ3) is 5.27. The maximum Gasteiger partial charge on any atom is 0.296 e. The SMILES string of the molecule is C=CCOc1ccc(C2C(C(=O)c3cc4ccccc4o3)=C(O)C(=O)N2c2nnc(SCc3ccccc3)s2)cc1. The Balaban J connectivity index is 1.36. The number of amides is 1. The van der Waals surface area contributed by atoms with Crippen molar-refractivity contribution in [3.05, 3.63) is 126 Å². The van der Waals surface area contributed by atoms with Crippen LogP contribution in [0.4, 0.5) is 5.13 Å². The van der Waals surface area contributed by atoms with Crippen molar-refractivity contribution in [2.45, 2.75) is 16.1 Å². The zero-order valence-electron chi connectivity index (χ0n) is 21.6. The molecule has 2 aromatic heterocycles. The van der Waals surface area contributed by atoms with Crippen LogP contribution in [-0.2, 0) is 10.5 Å². The van der Waals surface area contributed by atoms with Crippen LogP contribution in [0.3, 0.4) is 0 Å². The molecule has 1 aliphatic rings. The van der Waals surface area contributed by atoms with Crippen molar-refractivity contribution in [1.82, 2.24) is 10.2 Å². The molecular weight excluding hydrogens is 558 g/mol. The Labute approximate surface area is 243 Å². The summed E-state index contributed by atoms with van der Waals surface area (Å²) in [6, 6.07) is 24.8. The molecule has 0 radical (unpaired) electrons. The number of thioether (sulfide) groups is 1. The molecule has 6 rings (SSSR count). The first-order chi connectivity index (χ1) is 20.0. The maximum absolute atomic E-state index is 13.8. The summed E-state index contributed by atoms with van der Waals surface area (Å²) < 4.78 is 12.1. The highest BCUT2D eigenvalue weighted by molar-refractivity contribution is 8.00. The topological polar surface area (TPSA) is 106 Å². The summed E-state index contributed by atoms with van der Waals surface area (Å²) in [6.45, 7) is 3.99. The number of hydrogen-bond donors (Lipinski definition) is 1. The first kappa shape index (κ1) is 26.5. The maximum atomic E-state index is 13.8. The summed E-state index contributed by atoms with van der Waals surface area (Å²) in [7, 11) is 0. The second-order valence-corrected chi connectivity index (χ2v) is 11.3. The normalized spacial score (nSPS) is 15.1. The Bertz CT molecular complexity index is 1740. The molecule has 0 saturated carbocycles. The zero-order chi connectivity index (χ0) is 28.3. The minimum Gasteiger partial charge on any atom is -0.503 e. The molecule has 8 nitrogen and oxygen atoms in total. The molecule has 0 aliphatic carbocycles. The molecule has 1 N–H and O–H groups in total. The molecule has 3 heterocycles. The molecule has 0 bridgehead atoms. The number of aliphatic hydroxyl groups is 1. The van der Waals surface area contributed by atoms with Crippen LogP contribution in [0.15, 0.2) is 118 Å². The molecule has 1 aliphatic heterocycles. The number of furan rings is 1. The molecular formula is C31H23N3O5S2. The van der Waals surface area contributed by atoms with Gasteiger partial charge in [0.2, 0.25) is 10.9 Å². The van der Waals surface area contributed by atoms with Crippen molar-refractivity contribution in [3.8, 4) is 5.75 Å². The number of ether oxygens (including phenoxy) is 1. The van der Waals surface area contributed by atoms with Crippen LogP contribution in [-0.4, -0.2) is 33.6 Å². The molecule has 3 aromatic carbocycles. The van der Waals surface area contributed by atoms with E-state index in [1.54, 1.807) is 48.5 Å². The lowest BCUT2D eigenvalue weighted by Gasteiger charge is -2.24. The predicted octanol–water partition coefficient (Wildman–Crippen LogP) is 6.92. The van der Waals surface area contributed by atoms with Gasteiger partial charge >= 0.3 is 0 Å². The lowest BCUT2D eigenvalue weighted by molar-refractivity contribution is -0.117. The largest absolute Gasteiger partial charge is 0.503 e. The number of carbonyl (C=O) groups is 2. The zero-order valence-corrected chi connectivity index (χ0v) is 23.2. The Morgan fingerprint density at radius 3 is 2.59 bits per heavy atom. The van der Waals surface area contributed by atoms with Crippen molar-refractivity contribution in [2.24, 2.45) is 0 Å². The number of hydrogen-bond acceptors (Lipinski definition) is 9. The van der Waals surface area contributed by atoms with Crippen molar-refractivity contribution in [2.75, 3.05) is 11.5 Å². The summed E-state index contributed by atoms with van der Waals surface area (Å²) in [4.78, 5) is 28.7. The Hall–Kier alpha value is -4.67. The summed E-state index contributed by atoms with van der Waals surface area (Å²) in [5.74, 6) is -0.681. The summed E-state index contributed by atoms with van der Waals surface area (Å²) in [6.07, 6.45) is 1.64. The van der Waals surface area contributed by atoms with Crippen LogP contribution in [0, 0.1) is 0 Å². The number of aromatic nitrogens is 2. The molecule has 1 amide bonds. The lowest BCUT2D eigenvalue weighted by Crippen LogP contribution is -2.31. The van der Waals surface area contributed by atoms with E-state index in [1.807, 2.05) is 42.5 Å². The lowest BCUT2D eigenvalue weighted by atomic mass is 9.95. The minimum absolute atomic E-state index is 0.0229. The van der Waals surface area contributed by atoms with Crippen LogP contribution in [0.25, 0.3) is 11.0 Å². The number of nitrogens with zero attached hydrogens (tertiary/aromatic N) is 3. The molecule has 204 valence electrons. The van der Waals surface area contributed by atoms with E-state index in [-0.39, 0.29) is 16.5 Å². The third-order valence-corrected chi connectivity index (χ3v) is 8.60. The highest BCUT2D eigenvalue weighted by atomic mass is 32.2. The van der Waals surface area contributed by atoms with Gasteiger partial charge in [-0.1, -0.05) is 96.4 Å². The summed E-state index contributed by atoms with van der Waals surface area (Å²) >= 11 is 2.71. The van der Waals surface area contributed by atoms with Gasteiger partial charge in [0.25, 0.3) is 5.91 Å². The molecule has 5 aromatic rings. The van der Waals surface area contributed by atoms with Crippen molar-refractivity contribution in [1.29, 1.82) is 0 Å². The number of carbonyl (C=O) groups excluding carboxylic acids is 2. The van der Waals surface area contributed by atoms with Crippen LogP contribution in [0.1, 0.15) is 27.7 Å². The second kappa shape index (κ2) is 11.4. The monoisotopic (exact) mass is 581 g/mol. The van der Waals surface area contributed by atoms with E-state index in [2.05, 4.69) is 16.8 Å². The third-order valence-electron chi connectivity index (χ3n) is 6.47. The highest BCUT2D eigenvalue weighted by Crippen LogP contribution is 2.44. The number of anilines is 1. The smallest absolute Gasteiger partial charge is 0.296 e. The predicted molar refractivity (Wildman–Crippen MR) is 158 cm³/mol. The number of para-hydroxylation sites is 1. The Morgan fingerprint density at radius 1 is 1.07 bits per heavy atom. The molecule has 1 unspecified atom stereocenters.